The summed E-state index contributed by atoms with van der Waals surface area (Å²) in [6.45, 7) is 13.8. The van der Waals surface area contributed by atoms with Crippen molar-refractivity contribution < 1.29 is 9.18 Å². The van der Waals surface area contributed by atoms with Gasteiger partial charge in [0.2, 0.25) is 5.91 Å². The first-order chi connectivity index (χ1) is 22.2. The van der Waals surface area contributed by atoms with Gasteiger partial charge in [0.25, 0.3) is 5.56 Å². The maximum atomic E-state index is 15.2. The van der Waals surface area contributed by atoms with Crippen LogP contribution in [0.25, 0.3) is 28.0 Å². The molecule has 1 aromatic carbocycles. The van der Waals surface area contributed by atoms with Gasteiger partial charge in [0.1, 0.15) is 17.3 Å². The summed E-state index contributed by atoms with van der Waals surface area (Å²) in [6.07, 6.45) is 4.89. The minimum absolute atomic E-state index is 0.00794. The highest BCUT2D eigenvalue weighted by Gasteiger charge is 2.36. The molecule has 1 fully saturated rings. The molecule has 4 heterocycles. The Balaban J connectivity index is 1.92. The van der Waals surface area contributed by atoms with Crippen LogP contribution in [-0.2, 0) is 4.79 Å². The summed E-state index contributed by atoms with van der Waals surface area (Å²) in [6, 6.07) is 2.77. The van der Waals surface area contributed by atoms with Crippen molar-refractivity contribution in [2.75, 3.05) is 23.7 Å². The summed E-state index contributed by atoms with van der Waals surface area (Å²) in [7, 11) is 0. The number of carbonyl (C=O) groups is 1. The van der Waals surface area contributed by atoms with Gasteiger partial charge in [0, 0.05) is 36.1 Å². The van der Waals surface area contributed by atoms with Crippen molar-refractivity contribution in [1.82, 2.24) is 19.8 Å². The SMILES string of the molecule is C=CC(=O)N1[C@H](C)CN(c2c(C#N)c(=O)n(C3=C(C)C=CNC3C(C)C)c3nc(-c4c(N)c(Cl)c(Cl)c(F)c4Cl)c(Cl)cc23)C[C@@H]1C. The fraction of sp³-hybridized carbons (Fsp3) is 0.333. The fourth-order valence-corrected chi connectivity index (χ4v) is 7.48. The van der Waals surface area contributed by atoms with Crippen molar-refractivity contribution in [2.45, 2.75) is 52.7 Å². The second-order valence-corrected chi connectivity index (χ2v) is 13.6. The van der Waals surface area contributed by atoms with E-state index in [-0.39, 0.29) is 68.2 Å². The number of hydrogen-bond acceptors (Lipinski definition) is 7. The standard InChI is InChI=1S/C33H32Cl4FN7O2/c1-7-21(46)44-16(5)12-43(13-17(44)6)31-18-10-20(34)29(22-23(35)26(38)24(36)25(37)27(22)40)42-32(18)45(33(47)19(31)11-39)30-15(4)8-9-41-28(30)14(2)3/h7-10,14,16-17,28,41H,1,12-13,40H2,2-6H3/t16-,17+,28?. The van der Waals surface area contributed by atoms with Crippen molar-refractivity contribution >= 4 is 80.4 Å². The Morgan fingerprint density at radius 2 is 1.83 bits per heavy atom. The van der Waals surface area contributed by atoms with Gasteiger partial charge in [-0.2, -0.15) is 5.26 Å². The molecule has 2 aliphatic heterocycles. The molecule has 3 aromatic rings. The summed E-state index contributed by atoms with van der Waals surface area (Å²) in [4.78, 5) is 35.8. The molecule has 0 aliphatic carbocycles. The lowest BCUT2D eigenvalue weighted by atomic mass is 9.94. The number of nitrogens with zero attached hydrogens (tertiary/aromatic N) is 5. The number of nitriles is 1. The number of aromatic nitrogens is 2. The zero-order valence-electron chi connectivity index (χ0n) is 26.3. The summed E-state index contributed by atoms with van der Waals surface area (Å²) < 4.78 is 16.6. The molecular weight excluding hydrogens is 687 g/mol. The summed E-state index contributed by atoms with van der Waals surface area (Å²) in [5.74, 6) is -1.22. The van der Waals surface area contributed by atoms with Crippen LogP contribution in [0.4, 0.5) is 15.8 Å². The number of amides is 1. The largest absolute Gasteiger partial charge is 0.397 e. The van der Waals surface area contributed by atoms with Crippen LogP contribution in [-0.4, -0.2) is 51.6 Å². The van der Waals surface area contributed by atoms with E-state index in [0.29, 0.717) is 29.9 Å². The van der Waals surface area contributed by atoms with E-state index >= 15 is 4.39 Å². The van der Waals surface area contributed by atoms with E-state index in [1.165, 1.54) is 10.6 Å². The number of pyridine rings is 2. The summed E-state index contributed by atoms with van der Waals surface area (Å²) in [5, 5.41) is 13.1. The number of rotatable bonds is 5. The van der Waals surface area contributed by atoms with Gasteiger partial charge in [0.15, 0.2) is 5.82 Å². The van der Waals surface area contributed by atoms with E-state index in [1.807, 2.05) is 45.6 Å². The molecule has 1 unspecified atom stereocenters. The number of nitrogen functional groups attached to an aromatic ring is 1. The molecule has 9 nitrogen and oxygen atoms in total. The third-order valence-corrected chi connectivity index (χ3v) is 10.1. The Hall–Kier alpha value is -3.75. The Morgan fingerprint density at radius 3 is 2.40 bits per heavy atom. The highest BCUT2D eigenvalue weighted by molar-refractivity contribution is 6.46. The number of nitrogens with one attached hydrogen (secondary N) is 1. The maximum absolute atomic E-state index is 15.2. The van der Waals surface area contributed by atoms with E-state index in [2.05, 4.69) is 18.0 Å². The third kappa shape index (κ3) is 5.63. The summed E-state index contributed by atoms with van der Waals surface area (Å²) in [5.41, 5.74) is 7.07. The van der Waals surface area contributed by atoms with Gasteiger partial charge in [-0.15, -0.1) is 0 Å². The van der Waals surface area contributed by atoms with Crippen LogP contribution in [0, 0.1) is 23.1 Å². The zero-order valence-corrected chi connectivity index (χ0v) is 29.3. The molecule has 0 saturated carbocycles. The lowest BCUT2D eigenvalue weighted by molar-refractivity contribution is -0.130. The fourth-order valence-electron chi connectivity index (χ4n) is 6.53. The second-order valence-electron chi connectivity index (χ2n) is 12.1. The lowest BCUT2D eigenvalue weighted by Gasteiger charge is -2.45. The quantitative estimate of drug-likeness (QED) is 0.123. The number of allylic oxidation sites excluding steroid dienone is 2. The van der Waals surface area contributed by atoms with Gasteiger partial charge in [-0.25, -0.2) is 9.37 Å². The number of fused-ring (bicyclic) bond motifs is 1. The van der Waals surface area contributed by atoms with Crippen LogP contribution < -0.4 is 21.5 Å². The van der Waals surface area contributed by atoms with Crippen molar-refractivity contribution in [2.24, 2.45) is 5.92 Å². The molecule has 0 radical (unpaired) electrons. The summed E-state index contributed by atoms with van der Waals surface area (Å²) >= 11 is 25.7. The smallest absolute Gasteiger partial charge is 0.276 e. The minimum atomic E-state index is -1.01. The molecule has 2 aromatic heterocycles. The molecule has 0 spiro atoms. The normalized spacial score (nSPS) is 19.7. The van der Waals surface area contributed by atoms with E-state index in [4.69, 9.17) is 57.1 Å². The minimum Gasteiger partial charge on any atom is -0.397 e. The molecule has 246 valence electrons. The van der Waals surface area contributed by atoms with Gasteiger partial charge in [0.05, 0.1) is 48.9 Å². The van der Waals surface area contributed by atoms with Crippen LogP contribution in [0.3, 0.4) is 0 Å². The molecule has 14 heteroatoms. The number of dihydropyridines is 1. The first-order valence-corrected chi connectivity index (χ1v) is 16.3. The first-order valence-electron chi connectivity index (χ1n) is 14.8. The van der Waals surface area contributed by atoms with E-state index in [9.17, 15) is 14.9 Å². The number of hydrogen-bond donors (Lipinski definition) is 2. The average Bonchev–Trinajstić information content (AvgIpc) is 3.02. The third-order valence-electron chi connectivity index (χ3n) is 8.61. The van der Waals surface area contributed by atoms with E-state index < -0.39 is 21.4 Å². The predicted octanol–water partition coefficient (Wildman–Crippen LogP) is 7.25. The molecule has 1 saturated heterocycles. The Kier molecular flexibility index (Phi) is 9.59. The van der Waals surface area contributed by atoms with Crippen LogP contribution in [0.2, 0.25) is 20.1 Å². The predicted molar refractivity (Wildman–Crippen MR) is 189 cm³/mol. The highest BCUT2D eigenvalue weighted by atomic mass is 35.5. The molecule has 1 amide bonds. The maximum Gasteiger partial charge on any atom is 0.276 e. The Bertz CT molecular complexity index is 1980. The highest BCUT2D eigenvalue weighted by Crippen LogP contribution is 2.47. The van der Waals surface area contributed by atoms with Crippen LogP contribution in [0.5, 0.6) is 0 Å². The molecule has 3 atom stereocenters. The molecule has 3 N–H and O–H groups in total. The Labute approximate surface area is 291 Å². The molecular formula is C33H32Cl4FN7O2. The number of benzene rings is 1. The zero-order chi connectivity index (χ0) is 34.6. The number of piperazine rings is 1. The number of anilines is 2. The lowest BCUT2D eigenvalue weighted by Crippen LogP contribution is -2.58. The van der Waals surface area contributed by atoms with Crippen LogP contribution in [0.15, 0.2) is 41.4 Å². The van der Waals surface area contributed by atoms with Crippen molar-refractivity contribution in [1.29, 1.82) is 5.26 Å². The second kappa shape index (κ2) is 13.0. The van der Waals surface area contributed by atoms with E-state index in [0.717, 1.165) is 5.57 Å². The topological polar surface area (TPSA) is 120 Å². The van der Waals surface area contributed by atoms with Gasteiger partial charge in [-0.3, -0.25) is 14.2 Å². The van der Waals surface area contributed by atoms with Crippen molar-refractivity contribution in [3.63, 3.8) is 0 Å². The van der Waals surface area contributed by atoms with Crippen LogP contribution >= 0.6 is 46.4 Å². The average molecular weight is 719 g/mol. The Morgan fingerprint density at radius 1 is 1.19 bits per heavy atom. The molecule has 0 bridgehead atoms. The van der Waals surface area contributed by atoms with Gasteiger partial charge < -0.3 is 20.9 Å². The van der Waals surface area contributed by atoms with Crippen LogP contribution in [0.1, 0.15) is 40.2 Å². The van der Waals surface area contributed by atoms with Gasteiger partial charge >= 0.3 is 0 Å². The van der Waals surface area contributed by atoms with Crippen molar-refractivity contribution in [3.05, 3.63) is 78.4 Å². The van der Waals surface area contributed by atoms with Gasteiger partial charge in [-0.05, 0) is 56.7 Å². The number of carbonyl (C=O) groups excluding carboxylic acids is 1. The molecule has 2 aliphatic rings. The first kappa shape index (κ1) is 34.6. The van der Waals surface area contributed by atoms with Gasteiger partial charge in [-0.1, -0.05) is 66.8 Å². The monoisotopic (exact) mass is 717 g/mol. The number of nitrogens with two attached hydrogens (primary N) is 1. The molecule has 47 heavy (non-hydrogen) atoms. The number of halogens is 5. The molecule has 5 rings (SSSR count). The van der Waals surface area contributed by atoms with Crippen molar-refractivity contribution in [3.8, 4) is 17.3 Å². The van der Waals surface area contributed by atoms with E-state index in [1.54, 1.807) is 17.2 Å².